The van der Waals surface area contributed by atoms with Crippen LogP contribution in [0.25, 0.3) is 0 Å². The van der Waals surface area contributed by atoms with E-state index in [-0.39, 0.29) is 22.6 Å². The molecule has 0 radical (unpaired) electrons. The van der Waals surface area contributed by atoms with Gasteiger partial charge in [-0.05, 0) is 24.6 Å². The van der Waals surface area contributed by atoms with E-state index in [1.54, 1.807) is 18.2 Å². The summed E-state index contributed by atoms with van der Waals surface area (Å²) in [5.74, 6) is -2.73. The Morgan fingerprint density at radius 1 is 1.11 bits per heavy atom. The van der Waals surface area contributed by atoms with Crippen molar-refractivity contribution in [1.29, 1.82) is 0 Å². The number of carbonyl (C=O) groups is 2. The quantitative estimate of drug-likeness (QED) is 0.513. The Labute approximate surface area is 154 Å². The molecule has 0 saturated heterocycles. The molecule has 2 N–H and O–H groups in total. The van der Waals surface area contributed by atoms with Crippen LogP contribution in [0.2, 0.25) is 0 Å². The SMILES string of the molecule is O=C(N[C@H](CCS(=O)(=O)c1ccccc1)C(=O)O)c1cccc([N+](=O)[O-])c1. The molecule has 0 aliphatic heterocycles. The van der Waals surface area contributed by atoms with Crippen LogP contribution in [0.4, 0.5) is 5.69 Å². The average Bonchev–Trinajstić information content (AvgIpc) is 2.65. The van der Waals surface area contributed by atoms with Gasteiger partial charge in [-0.1, -0.05) is 24.3 Å². The maximum absolute atomic E-state index is 12.3. The third-order valence-corrected chi connectivity index (χ3v) is 5.46. The van der Waals surface area contributed by atoms with Gasteiger partial charge in [0.1, 0.15) is 6.04 Å². The zero-order valence-electron chi connectivity index (χ0n) is 13.9. The maximum atomic E-state index is 12.3. The highest BCUT2D eigenvalue weighted by molar-refractivity contribution is 7.91. The highest BCUT2D eigenvalue weighted by atomic mass is 32.2. The van der Waals surface area contributed by atoms with Crippen LogP contribution in [-0.4, -0.2) is 42.1 Å². The lowest BCUT2D eigenvalue weighted by atomic mass is 10.1. The summed E-state index contributed by atoms with van der Waals surface area (Å²) in [7, 11) is -3.71. The fraction of sp³-hybridized carbons (Fsp3) is 0.176. The molecule has 27 heavy (non-hydrogen) atoms. The lowest BCUT2D eigenvalue weighted by molar-refractivity contribution is -0.384. The van der Waals surface area contributed by atoms with E-state index >= 15 is 0 Å². The van der Waals surface area contributed by atoms with Crippen LogP contribution in [0, 0.1) is 10.1 Å². The average molecular weight is 392 g/mol. The summed E-state index contributed by atoms with van der Waals surface area (Å²) in [5, 5.41) is 22.2. The zero-order valence-corrected chi connectivity index (χ0v) is 14.8. The number of carboxylic acid groups (broad SMARTS) is 1. The van der Waals surface area contributed by atoms with Crippen LogP contribution in [0.3, 0.4) is 0 Å². The van der Waals surface area contributed by atoms with Gasteiger partial charge >= 0.3 is 5.97 Å². The molecule has 0 aliphatic rings. The lowest BCUT2D eigenvalue weighted by Crippen LogP contribution is -2.42. The third kappa shape index (κ3) is 5.35. The number of benzene rings is 2. The summed E-state index contributed by atoms with van der Waals surface area (Å²) in [6.45, 7) is 0. The molecule has 1 atom stereocenters. The molecule has 2 aromatic carbocycles. The van der Waals surface area contributed by atoms with Crippen molar-refractivity contribution in [3.63, 3.8) is 0 Å². The molecule has 0 fully saturated rings. The van der Waals surface area contributed by atoms with Gasteiger partial charge in [-0.3, -0.25) is 14.9 Å². The topological polar surface area (TPSA) is 144 Å². The molecular weight excluding hydrogens is 376 g/mol. The minimum absolute atomic E-state index is 0.0548. The van der Waals surface area contributed by atoms with Crippen molar-refractivity contribution < 1.29 is 28.0 Å². The van der Waals surface area contributed by atoms with E-state index in [4.69, 9.17) is 0 Å². The van der Waals surface area contributed by atoms with Gasteiger partial charge in [0, 0.05) is 17.7 Å². The molecule has 0 aromatic heterocycles. The largest absolute Gasteiger partial charge is 0.480 e. The van der Waals surface area contributed by atoms with Crippen LogP contribution in [0.5, 0.6) is 0 Å². The Morgan fingerprint density at radius 3 is 2.37 bits per heavy atom. The summed E-state index contributed by atoms with van der Waals surface area (Å²) >= 11 is 0. The monoisotopic (exact) mass is 392 g/mol. The molecule has 0 heterocycles. The van der Waals surface area contributed by atoms with Crippen molar-refractivity contribution >= 4 is 27.4 Å². The van der Waals surface area contributed by atoms with Crippen LogP contribution in [0.1, 0.15) is 16.8 Å². The van der Waals surface area contributed by atoms with Crippen molar-refractivity contribution in [1.82, 2.24) is 5.32 Å². The summed E-state index contributed by atoms with van der Waals surface area (Å²) in [5.41, 5.74) is -0.414. The number of aliphatic carboxylic acids is 1. The molecule has 2 aromatic rings. The number of carboxylic acids is 1. The predicted molar refractivity (Wildman–Crippen MR) is 95.1 cm³/mol. The highest BCUT2D eigenvalue weighted by Crippen LogP contribution is 2.15. The van der Waals surface area contributed by atoms with Crippen LogP contribution in [-0.2, 0) is 14.6 Å². The van der Waals surface area contributed by atoms with E-state index in [1.165, 1.54) is 30.3 Å². The molecule has 0 spiro atoms. The molecule has 10 heteroatoms. The number of nitro groups is 1. The number of non-ortho nitro benzene ring substituents is 1. The van der Waals surface area contributed by atoms with Gasteiger partial charge in [0.2, 0.25) is 0 Å². The van der Waals surface area contributed by atoms with Crippen molar-refractivity contribution in [2.75, 3.05) is 5.75 Å². The van der Waals surface area contributed by atoms with Gasteiger partial charge < -0.3 is 10.4 Å². The Hall–Kier alpha value is -3.27. The fourth-order valence-corrected chi connectivity index (χ4v) is 3.63. The van der Waals surface area contributed by atoms with E-state index < -0.39 is 38.4 Å². The number of nitrogens with zero attached hydrogens (tertiary/aromatic N) is 1. The second-order valence-electron chi connectivity index (χ2n) is 5.59. The zero-order chi connectivity index (χ0) is 20.0. The highest BCUT2D eigenvalue weighted by Gasteiger charge is 2.25. The number of nitrogens with one attached hydrogen (secondary N) is 1. The van der Waals surface area contributed by atoms with E-state index in [9.17, 15) is 33.2 Å². The third-order valence-electron chi connectivity index (χ3n) is 3.70. The molecule has 0 unspecified atom stereocenters. The second-order valence-corrected chi connectivity index (χ2v) is 7.70. The number of sulfone groups is 1. The first-order chi connectivity index (χ1) is 12.7. The van der Waals surface area contributed by atoms with Crippen LogP contribution in [0.15, 0.2) is 59.5 Å². The second kappa shape index (κ2) is 8.41. The first-order valence-electron chi connectivity index (χ1n) is 7.76. The molecule has 0 aliphatic carbocycles. The number of nitro benzene ring substituents is 1. The van der Waals surface area contributed by atoms with Crippen molar-refractivity contribution in [3.8, 4) is 0 Å². The predicted octanol–water partition coefficient (Wildman–Crippen LogP) is 1.64. The number of hydrogen-bond donors (Lipinski definition) is 2. The summed E-state index contributed by atoms with van der Waals surface area (Å²) in [6, 6.07) is 10.9. The Morgan fingerprint density at radius 2 is 1.78 bits per heavy atom. The van der Waals surface area contributed by atoms with Gasteiger partial charge in [0.25, 0.3) is 11.6 Å². The normalized spacial score (nSPS) is 12.1. The van der Waals surface area contributed by atoms with E-state index in [1.807, 2.05) is 0 Å². The first-order valence-corrected chi connectivity index (χ1v) is 9.42. The standard InChI is InChI=1S/C17H16N2O7S/c20-16(12-5-4-6-13(11-12)19(23)24)18-15(17(21)22)9-10-27(25,26)14-7-2-1-3-8-14/h1-8,11,15H,9-10H2,(H,18,20)(H,21,22)/t15-/m1/s1. The number of amides is 1. The minimum Gasteiger partial charge on any atom is -0.480 e. The fourth-order valence-electron chi connectivity index (χ4n) is 2.28. The van der Waals surface area contributed by atoms with Gasteiger partial charge in [0.05, 0.1) is 15.6 Å². The van der Waals surface area contributed by atoms with E-state index in [0.29, 0.717) is 0 Å². The molecule has 142 valence electrons. The van der Waals surface area contributed by atoms with Crippen molar-refractivity contribution in [2.45, 2.75) is 17.4 Å². The van der Waals surface area contributed by atoms with Gasteiger partial charge in [0.15, 0.2) is 9.84 Å². The minimum atomic E-state index is -3.71. The van der Waals surface area contributed by atoms with Gasteiger partial charge in [-0.15, -0.1) is 0 Å². The molecule has 9 nitrogen and oxygen atoms in total. The summed E-state index contributed by atoms with van der Waals surface area (Å²) in [6.07, 6.45) is -0.354. The smallest absolute Gasteiger partial charge is 0.326 e. The number of hydrogen-bond acceptors (Lipinski definition) is 6. The molecule has 1 amide bonds. The number of carbonyl (C=O) groups excluding carboxylic acids is 1. The molecule has 2 rings (SSSR count). The summed E-state index contributed by atoms with van der Waals surface area (Å²) in [4.78, 5) is 33.7. The van der Waals surface area contributed by atoms with Crippen molar-refractivity contribution in [2.24, 2.45) is 0 Å². The Balaban J connectivity index is 2.10. The van der Waals surface area contributed by atoms with E-state index in [0.717, 1.165) is 6.07 Å². The molecule has 0 saturated carbocycles. The Kier molecular flexibility index (Phi) is 6.24. The lowest BCUT2D eigenvalue weighted by Gasteiger charge is -2.14. The summed E-state index contributed by atoms with van der Waals surface area (Å²) < 4.78 is 24.5. The van der Waals surface area contributed by atoms with Gasteiger partial charge in [-0.2, -0.15) is 0 Å². The number of rotatable bonds is 8. The van der Waals surface area contributed by atoms with Gasteiger partial charge in [-0.25, -0.2) is 13.2 Å². The Bertz CT molecular complexity index is 958. The maximum Gasteiger partial charge on any atom is 0.326 e. The van der Waals surface area contributed by atoms with Crippen LogP contribution >= 0.6 is 0 Å². The van der Waals surface area contributed by atoms with Crippen molar-refractivity contribution in [3.05, 3.63) is 70.3 Å². The van der Waals surface area contributed by atoms with Crippen LogP contribution < -0.4 is 5.32 Å². The van der Waals surface area contributed by atoms with E-state index in [2.05, 4.69) is 5.32 Å². The molecular formula is C17H16N2O7S. The first kappa shape index (κ1) is 20.0. The molecule has 0 bridgehead atoms.